The number of furan rings is 1. The minimum atomic E-state index is 0.928. The van der Waals surface area contributed by atoms with E-state index in [0.29, 0.717) is 0 Å². The van der Waals surface area contributed by atoms with Crippen LogP contribution in [0.25, 0.3) is 11.3 Å². The van der Waals surface area contributed by atoms with Gasteiger partial charge in [-0.2, -0.15) is 0 Å². The van der Waals surface area contributed by atoms with Crippen LogP contribution in [0.2, 0.25) is 0 Å². The molecule has 2 rings (SSSR count). The minimum Gasteiger partial charge on any atom is -0.464 e. The number of nitrogens with two attached hydrogens (primary N) is 1. The molecule has 0 amide bonds. The van der Waals surface area contributed by atoms with E-state index in [9.17, 15) is 0 Å². The Morgan fingerprint density at radius 1 is 1.14 bits per heavy atom. The molecular weight excluding hydrogens is 174 g/mol. The van der Waals surface area contributed by atoms with Gasteiger partial charge in [-0.1, -0.05) is 24.3 Å². The zero-order valence-corrected chi connectivity index (χ0v) is 8.23. The SMILES string of the molecule is C[NH2+]Cc1ccc(-c2ccco2)cc1. The van der Waals surface area contributed by atoms with Crippen molar-refractivity contribution in [2.24, 2.45) is 0 Å². The average Bonchev–Trinajstić information content (AvgIpc) is 2.72. The zero-order valence-electron chi connectivity index (χ0n) is 8.23. The molecule has 14 heavy (non-hydrogen) atoms. The second-order valence-corrected chi connectivity index (χ2v) is 3.29. The van der Waals surface area contributed by atoms with Gasteiger partial charge < -0.3 is 9.73 Å². The van der Waals surface area contributed by atoms with Crippen molar-refractivity contribution in [2.75, 3.05) is 7.05 Å². The van der Waals surface area contributed by atoms with Crippen LogP contribution >= 0.6 is 0 Å². The van der Waals surface area contributed by atoms with Crippen LogP contribution in [0.4, 0.5) is 0 Å². The van der Waals surface area contributed by atoms with Crippen molar-refractivity contribution in [1.82, 2.24) is 0 Å². The van der Waals surface area contributed by atoms with E-state index in [2.05, 4.69) is 36.6 Å². The predicted octanol–water partition coefficient (Wildman–Crippen LogP) is 1.64. The normalized spacial score (nSPS) is 10.4. The standard InChI is InChI=1S/C12H13NO/c1-13-9-10-4-6-11(7-5-10)12-3-2-8-14-12/h2-8,13H,9H2,1H3/p+1. The van der Waals surface area contributed by atoms with E-state index < -0.39 is 0 Å². The first-order chi connectivity index (χ1) is 6.90. The first-order valence-electron chi connectivity index (χ1n) is 4.81. The molecule has 0 radical (unpaired) electrons. The second-order valence-electron chi connectivity index (χ2n) is 3.29. The lowest BCUT2D eigenvalue weighted by Crippen LogP contribution is -2.77. The number of benzene rings is 1. The van der Waals surface area contributed by atoms with Crippen molar-refractivity contribution >= 4 is 0 Å². The second kappa shape index (κ2) is 4.11. The average molecular weight is 188 g/mol. The summed E-state index contributed by atoms with van der Waals surface area (Å²) in [5.74, 6) is 0.928. The van der Waals surface area contributed by atoms with Crippen molar-refractivity contribution in [1.29, 1.82) is 0 Å². The van der Waals surface area contributed by atoms with Gasteiger partial charge >= 0.3 is 0 Å². The molecule has 0 saturated carbocycles. The van der Waals surface area contributed by atoms with Crippen molar-refractivity contribution < 1.29 is 9.73 Å². The first kappa shape index (κ1) is 9.03. The first-order valence-corrected chi connectivity index (χ1v) is 4.81. The molecule has 2 N–H and O–H groups in total. The molecule has 2 aromatic rings. The van der Waals surface area contributed by atoms with Crippen LogP contribution in [0.15, 0.2) is 47.1 Å². The van der Waals surface area contributed by atoms with Gasteiger partial charge in [0.15, 0.2) is 0 Å². The molecule has 0 bridgehead atoms. The highest BCUT2D eigenvalue weighted by Gasteiger charge is 1.99. The fourth-order valence-corrected chi connectivity index (χ4v) is 1.48. The number of rotatable bonds is 3. The molecule has 0 aliphatic heterocycles. The smallest absolute Gasteiger partial charge is 0.133 e. The largest absolute Gasteiger partial charge is 0.464 e. The fourth-order valence-electron chi connectivity index (χ4n) is 1.48. The molecule has 1 aromatic carbocycles. The molecule has 0 aliphatic rings. The van der Waals surface area contributed by atoms with E-state index in [1.807, 2.05) is 12.1 Å². The summed E-state index contributed by atoms with van der Waals surface area (Å²) in [6.45, 7) is 1.03. The molecule has 0 unspecified atom stereocenters. The van der Waals surface area contributed by atoms with E-state index >= 15 is 0 Å². The number of quaternary nitrogens is 1. The minimum absolute atomic E-state index is 0.928. The Kier molecular flexibility index (Phi) is 2.65. The maximum absolute atomic E-state index is 5.31. The van der Waals surface area contributed by atoms with Gasteiger partial charge in [-0.3, -0.25) is 0 Å². The van der Waals surface area contributed by atoms with E-state index in [-0.39, 0.29) is 0 Å². The van der Waals surface area contributed by atoms with Crippen molar-refractivity contribution in [3.05, 3.63) is 48.2 Å². The van der Waals surface area contributed by atoms with Crippen LogP contribution in [0.3, 0.4) is 0 Å². The molecule has 72 valence electrons. The van der Waals surface area contributed by atoms with Crippen molar-refractivity contribution in [3.8, 4) is 11.3 Å². The lowest BCUT2D eigenvalue weighted by molar-refractivity contribution is -0.643. The van der Waals surface area contributed by atoms with Crippen LogP contribution in [0, 0.1) is 0 Å². The third kappa shape index (κ3) is 1.86. The lowest BCUT2D eigenvalue weighted by atomic mass is 10.1. The van der Waals surface area contributed by atoms with Crippen LogP contribution in [0.1, 0.15) is 5.56 Å². The summed E-state index contributed by atoms with van der Waals surface area (Å²) in [7, 11) is 2.07. The quantitative estimate of drug-likeness (QED) is 0.779. The van der Waals surface area contributed by atoms with Gasteiger partial charge in [0.05, 0.1) is 13.3 Å². The predicted molar refractivity (Wildman–Crippen MR) is 55.7 cm³/mol. The van der Waals surface area contributed by atoms with Gasteiger partial charge in [-0.15, -0.1) is 0 Å². The zero-order chi connectivity index (χ0) is 9.80. The van der Waals surface area contributed by atoms with Crippen molar-refractivity contribution in [3.63, 3.8) is 0 Å². The molecule has 0 fully saturated rings. The van der Waals surface area contributed by atoms with E-state index in [1.165, 1.54) is 5.56 Å². The summed E-state index contributed by atoms with van der Waals surface area (Å²) in [6, 6.07) is 12.3. The summed E-state index contributed by atoms with van der Waals surface area (Å²) in [5, 5.41) is 2.15. The summed E-state index contributed by atoms with van der Waals surface area (Å²) < 4.78 is 5.31. The van der Waals surface area contributed by atoms with Gasteiger partial charge in [-0.05, 0) is 12.1 Å². The Hall–Kier alpha value is -1.54. The lowest BCUT2D eigenvalue weighted by Gasteiger charge is -1.99. The highest BCUT2D eigenvalue weighted by atomic mass is 16.3. The van der Waals surface area contributed by atoms with Gasteiger partial charge in [-0.25, -0.2) is 0 Å². The van der Waals surface area contributed by atoms with E-state index in [0.717, 1.165) is 17.9 Å². The highest BCUT2D eigenvalue weighted by molar-refractivity contribution is 5.57. The Balaban J connectivity index is 2.22. The summed E-state index contributed by atoms with van der Waals surface area (Å²) in [5.41, 5.74) is 2.47. The van der Waals surface area contributed by atoms with Gasteiger partial charge in [0.25, 0.3) is 0 Å². The summed E-state index contributed by atoms with van der Waals surface area (Å²) in [6.07, 6.45) is 1.70. The van der Waals surface area contributed by atoms with Gasteiger partial charge in [0.2, 0.25) is 0 Å². The Labute approximate surface area is 83.6 Å². The van der Waals surface area contributed by atoms with E-state index in [4.69, 9.17) is 4.42 Å². The van der Waals surface area contributed by atoms with Crippen LogP contribution < -0.4 is 5.32 Å². The third-order valence-corrected chi connectivity index (χ3v) is 2.20. The van der Waals surface area contributed by atoms with Gasteiger partial charge in [0.1, 0.15) is 12.3 Å². The maximum atomic E-state index is 5.31. The summed E-state index contributed by atoms with van der Waals surface area (Å²) in [4.78, 5) is 0. The molecule has 0 spiro atoms. The van der Waals surface area contributed by atoms with Crippen molar-refractivity contribution in [2.45, 2.75) is 6.54 Å². The highest BCUT2D eigenvalue weighted by Crippen LogP contribution is 2.19. The molecule has 0 saturated heterocycles. The molecule has 2 heteroatoms. The number of hydrogen-bond acceptors (Lipinski definition) is 1. The topological polar surface area (TPSA) is 29.8 Å². The molecule has 1 aromatic heterocycles. The maximum Gasteiger partial charge on any atom is 0.133 e. The monoisotopic (exact) mass is 188 g/mol. The van der Waals surface area contributed by atoms with E-state index in [1.54, 1.807) is 6.26 Å². The molecule has 2 nitrogen and oxygen atoms in total. The van der Waals surface area contributed by atoms with Crippen LogP contribution in [-0.2, 0) is 6.54 Å². The fraction of sp³-hybridized carbons (Fsp3) is 0.167. The van der Waals surface area contributed by atoms with Crippen LogP contribution in [0.5, 0.6) is 0 Å². The number of hydrogen-bond donors (Lipinski definition) is 1. The molecule has 1 heterocycles. The Bertz CT molecular complexity index is 375. The molecule has 0 aliphatic carbocycles. The molecule has 0 atom stereocenters. The Morgan fingerprint density at radius 3 is 2.50 bits per heavy atom. The van der Waals surface area contributed by atoms with Crippen LogP contribution in [-0.4, -0.2) is 7.05 Å². The Morgan fingerprint density at radius 2 is 1.93 bits per heavy atom. The molecular formula is C12H14NO+. The summed E-state index contributed by atoms with van der Waals surface area (Å²) >= 11 is 0. The third-order valence-electron chi connectivity index (χ3n) is 2.20. The van der Waals surface area contributed by atoms with Gasteiger partial charge in [0, 0.05) is 11.1 Å².